The number of rotatable bonds is 5. The van der Waals surface area contributed by atoms with E-state index in [0.717, 1.165) is 0 Å². The lowest BCUT2D eigenvalue weighted by Gasteiger charge is -2.35. The molecule has 2 aromatic carbocycles. The van der Waals surface area contributed by atoms with Gasteiger partial charge in [0.2, 0.25) is 5.91 Å². The molecule has 2 aliphatic rings. The Balaban J connectivity index is 1.38. The molecule has 10 heteroatoms. The Morgan fingerprint density at radius 2 is 1.66 bits per heavy atom. The molecule has 0 radical (unpaired) electrons. The number of nitrogens with zero attached hydrogens (tertiary/aromatic N) is 2. The van der Waals surface area contributed by atoms with E-state index < -0.39 is 35.3 Å². The van der Waals surface area contributed by atoms with E-state index in [1.807, 2.05) is 0 Å². The predicted octanol–water partition coefficient (Wildman–Crippen LogP) is 3.21. The third-order valence-corrected chi connectivity index (χ3v) is 6.53. The lowest BCUT2D eigenvalue weighted by Crippen LogP contribution is -2.51. The Morgan fingerprint density at radius 1 is 1.00 bits per heavy atom. The number of carbonyl (C=O) groups is 4. The van der Waals surface area contributed by atoms with E-state index in [4.69, 9.17) is 9.47 Å². The van der Waals surface area contributed by atoms with Crippen LogP contribution in [0.4, 0.5) is 9.18 Å². The number of carbonyl (C=O) groups excluding carboxylic acids is 4. The summed E-state index contributed by atoms with van der Waals surface area (Å²) in [7, 11) is 0. The fourth-order valence-corrected chi connectivity index (χ4v) is 4.58. The van der Waals surface area contributed by atoms with Crippen LogP contribution in [0.2, 0.25) is 0 Å². The van der Waals surface area contributed by atoms with Crippen molar-refractivity contribution in [2.45, 2.75) is 32.3 Å². The van der Waals surface area contributed by atoms with Crippen LogP contribution in [0.25, 0.3) is 0 Å². The first-order valence-corrected chi connectivity index (χ1v) is 12.6. The molecule has 0 bridgehead atoms. The van der Waals surface area contributed by atoms with Crippen LogP contribution in [-0.4, -0.2) is 78.6 Å². The summed E-state index contributed by atoms with van der Waals surface area (Å²) in [4.78, 5) is 53.2. The maximum atomic E-state index is 15.1. The van der Waals surface area contributed by atoms with E-state index in [1.54, 1.807) is 57.2 Å². The molecule has 2 atom stereocenters. The van der Waals surface area contributed by atoms with E-state index in [9.17, 15) is 19.2 Å². The van der Waals surface area contributed by atoms with Crippen molar-refractivity contribution in [3.63, 3.8) is 0 Å². The van der Waals surface area contributed by atoms with Crippen molar-refractivity contribution in [3.8, 4) is 0 Å². The zero-order valence-corrected chi connectivity index (χ0v) is 21.7. The maximum Gasteiger partial charge on any atom is 0.410 e. The predicted molar refractivity (Wildman–Crippen MR) is 136 cm³/mol. The van der Waals surface area contributed by atoms with Gasteiger partial charge in [0.25, 0.3) is 5.91 Å². The molecule has 38 heavy (non-hydrogen) atoms. The van der Waals surface area contributed by atoms with Crippen LogP contribution >= 0.6 is 0 Å². The fraction of sp³-hybridized carbons (Fsp3) is 0.429. The molecule has 4 rings (SSSR count). The van der Waals surface area contributed by atoms with Crippen LogP contribution in [0.5, 0.6) is 0 Å². The molecule has 1 unspecified atom stereocenters. The summed E-state index contributed by atoms with van der Waals surface area (Å²) in [6, 6.07) is 12.7. The van der Waals surface area contributed by atoms with Gasteiger partial charge < -0.3 is 24.6 Å². The Kier molecular flexibility index (Phi) is 7.99. The Bertz CT molecular complexity index is 1200. The second kappa shape index (κ2) is 11.2. The molecule has 2 saturated heterocycles. The van der Waals surface area contributed by atoms with Crippen LogP contribution in [0.15, 0.2) is 48.5 Å². The minimum absolute atomic E-state index is 0.0125. The molecule has 9 nitrogen and oxygen atoms in total. The smallest absolute Gasteiger partial charge is 0.410 e. The van der Waals surface area contributed by atoms with E-state index in [1.165, 1.54) is 21.9 Å². The van der Waals surface area contributed by atoms with Crippen LogP contribution in [0.1, 0.15) is 53.0 Å². The van der Waals surface area contributed by atoms with Gasteiger partial charge in [0, 0.05) is 38.6 Å². The van der Waals surface area contributed by atoms with Crippen LogP contribution in [0, 0.1) is 11.7 Å². The number of piperazine rings is 1. The van der Waals surface area contributed by atoms with Crippen molar-refractivity contribution >= 4 is 23.9 Å². The summed E-state index contributed by atoms with van der Waals surface area (Å²) in [5.74, 6) is -3.10. The SMILES string of the molecule is CC(C)(C)OC(=O)N1CCN(C(=O)c2ccc([C@@H]3C(=O)NCC3COC(=O)c3ccccc3)cc2F)CC1. The topological polar surface area (TPSA) is 105 Å². The third kappa shape index (κ3) is 6.30. The monoisotopic (exact) mass is 525 g/mol. The highest BCUT2D eigenvalue weighted by molar-refractivity contribution is 5.95. The molecule has 0 saturated carbocycles. The Labute approximate surface area is 220 Å². The molecular weight excluding hydrogens is 493 g/mol. The first kappa shape index (κ1) is 27.1. The number of halogens is 1. The van der Waals surface area contributed by atoms with Crippen molar-refractivity contribution in [3.05, 3.63) is 71.0 Å². The summed E-state index contributed by atoms with van der Waals surface area (Å²) in [6.07, 6.45) is -0.445. The summed E-state index contributed by atoms with van der Waals surface area (Å²) in [5.41, 5.74) is 0.0879. The summed E-state index contributed by atoms with van der Waals surface area (Å²) >= 11 is 0. The van der Waals surface area contributed by atoms with Crippen LogP contribution in [-0.2, 0) is 14.3 Å². The number of hydrogen-bond donors (Lipinski definition) is 1. The Hall–Kier alpha value is -3.95. The first-order valence-electron chi connectivity index (χ1n) is 12.6. The summed E-state index contributed by atoms with van der Waals surface area (Å²) < 4.78 is 25.9. The van der Waals surface area contributed by atoms with E-state index in [-0.39, 0.29) is 56.7 Å². The fourth-order valence-electron chi connectivity index (χ4n) is 4.58. The third-order valence-electron chi connectivity index (χ3n) is 6.53. The van der Waals surface area contributed by atoms with Crippen molar-refractivity contribution in [1.29, 1.82) is 0 Å². The molecule has 202 valence electrons. The molecular formula is C28H32FN3O6. The molecule has 2 fully saturated rings. The second-order valence-electron chi connectivity index (χ2n) is 10.4. The van der Waals surface area contributed by atoms with Crippen molar-refractivity contribution in [2.24, 2.45) is 5.92 Å². The quantitative estimate of drug-likeness (QED) is 0.601. The maximum absolute atomic E-state index is 15.1. The second-order valence-corrected chi connectivity index (χ2v) is 10.4. The zero-order chi connectivity index (χ0) is 27.4. The van der Waals surface area contributed by atoms with Gasteiger partial charge >= 0.3 is 12.1 Å². The van der Waals surface area contributed by atoms with Gasteiger partial charge in [-0.15, -0.1) is 0 Å². The average Bonchev–Trinajstić information content (AvgIpc) is 3.26. The highest BCUT2D eigenvalue weighted by Gasteiger charge is 2.37. The molecule has 1 N–H and O–H groups in total. The van der Waals surface area contributed by atoms with Gasteiger partial charge in [-0.05, 0) is 50.6 Å². The average molecular weight is 526 g/mol. The Morgan fingerprint density at radius 3 is 2.29 bits per heavy atom. The lowest BCUT2D eigenvalue weighted by molar-refractivity contribution is -0.120. The zero-order valence-electron chi connectivity index (χ0n) is 21.7. The van der Waals surface area contributed by atoms with E-state index in [0.29, 0.717) is 11.1 Å². The van der Waals surface area contributed by atoms with Crippen molar-refractivity contribution in [1.82, 2.24) is 15.1 Å². The van der Waals surface area contributed by atoms with Gasteiger partial charge in [0.15, 0.2) is 0 Å². The normalized spacial score (nSPS) is 19.6. The molecule has 2 aromatic rings. The first-order chi connectivity index (χ1) is 18.0. The van der Waals surface area contributed by atoms with E-state index in [2.05, 4.69) is 5.32 Å². The van der Waals surface area contributed by atoms with E-state index >= 15 is 4.39 Å². The molecule has 3 amide bonds. The highest BCUT2D eigenvalue weighted by atomic mass is 19.1. The lowest BCUT2D eigenvalue weighted by atomic mass is 9.88. The number of hydrogen-bond acceptors (Lipinski definition) is 6. The number of ether oxygens (including phenoxy) is 2. The molecule has 0 aliphatic carbocycles. The minimum atomic E-state index is -0.734. The molecule has 0 aromatic heterocycles. The van der Waals surface area contributed by atoms with Gasteiger partial charge in [-0.2, -0.15) is 0 Å². The van der Waals surface area contributed by atoms with Gasteiger partial charge in [0.05, 0.1) is 23.7 Å². The number of nitrogens with one attached hydrogen (secondary N) is 1. The van der Waals surface area contributed by atoms with Crippen LogP contribution < -0.4 is 5.32 Å². The van der Waals surface area contributed by atoms with Gasteiger partial charge in [-0.25, -0.2) is 14.0 Å². The number of esters is 1. The summed E-state index contributed by atoms with van der Waals surface area (Å²) in [5, 5.41) is 2.75. The minimum Gasteiger partial charge on any atom is -0.462 e. The highest BCUT2D eigenvalue weighted by Crippen LogP contribution is 2.31. The molecule has 2 heterocycles. The largest absolute Gasteiger partial charge is 0.462 e. The van der Waals surface area contributed by atoms with Crippen molar-refractivity contribution in [2.75, 3.05) is 39.3 Å². The standard InChI is InChI=1S/C28H32FN3O6/c1-28(2,3)38-27(36)32-13-11-31(12-14-32)25(34)21-10-9-19(15-22(21)29)23-20(16-30-24(23)33)17-37-26(35)18-7-5-4-6-8-18/h4-10,15,20,23H,11-14,16-17H2,1-3H3,(H,30,33)/t20?,23-/m0/s1. The molecule has 2 aliphatic heterocycles. The molecule has 0 spiro atoms. The van der Waals surface area contributed by atoms with Crippen molar-refractivity contribution < 1.29 is 33.0 Å². The number of benzene rings is 2. The van der Waals surface area contributed by atoms with Crippen LogP contribution in [0.3, 0.4) is 0 Å². The van der Waals surface area contributed by atoms with Gasteiger partial charge in [0.1, 0.15) is 11.4 Å². The number of amides is 3. The van der Waals surface area contributed by atoms with Gasteiger partial charge in [-0.1, -0.05) is 24.3 Å². The summed E-state index contributed by atoms with van der Waals surface area (Å²) in [6.45, 7) is 6.69. The van der Waals surface area contributed by atoms with Gasteiger partial charge in [-0.3, -0.25) is 9.59 Å².